The van der Waals surface area contributed by atoms with Crippen LogP contribution in [0.5, 0.6) is 0 Å². The molecule has 0 spiro atoms. The molecule has 0 saturated carbocycles. The van der Waals surface area contributed by atoms with Gasteiger partial charge in [-0.15, -0.1) is 0 Å². The van der Waals surface area contributed by atoms with Crippen LogP contribution in [0.25, 0.3) is 45.8 Å². The topological polar surface area (TPSA) is 0 Å². The first-order valence-electron chi connectivity index (χ1n) is 10.3. The van der Waals surface area contributed by atoms with Crippen LogP contribution in [0.2, 0.25) is 0 Å². The van der Waals surface area contributed by atoms with Crippen molar-refractivity contribution in [2.75, 3.05) is 0 Å². The Morgan fingerprint density at radius 1 is 0.400 bits per heavy atom. The highest BCUT2D eigenvalue weighted by Crippen LogP contribution is 2.30. The van der Waals surface area contributed by atoms with Crippen LogP contribution in [0.15, 0.2) is 109 Å². The molecule has 0 N–H and O–H groups in total. The van der Waals surface area contributed by atoms with E-state index in [2.05, 4.69) is 127 Å². The molecule has 5 aromatic rings. The summed E-state index contributed by atoms with van der Waals surface area (Å²) in [5.74, 6) is 0. The summed E-state index contributed by atoms with van der Waals surface area (Å²) < 4.78 is 0. The molecule has 0 fully saturated rings. The second-order valence-corrected chi connectivity index (χ2v) is 7.48. The Morgan fingerprint density at radius 3 is 1.63 bits per heavy atom. The highest BCUT2D eigenvalue weighted by Gasteiger charge is 2.06. The predicted octanol–water partition coefficient (Wildman–Crippen LogP) is 8.33. The Morgan fingerprint density at radius 2 is 0.967 bits per heavy atom. The summed E-state index contributed by atoms with van der Waals surface area (Å²) in [6, 6.07) is 38.5. The summed E-state index contributed by atoms with van der Waals surface area (Å²) in [6.07, 6.45) is 8.84. The molecular formula is C30H22. The number of rotatable bonds is 4. The standard InChI is InChI=1S/C30H22/c1-3-9-23(10-4-1)15-17-25-18-19-28-21-26-13-7-8-14-27(26)22-30(28)29(25)20-16-24-11-5-2-6-12-24/h1-22H. The molecule has 0 radical (unpaired) electrons. The molecule has 5 rings (SSSR count). The van der Waals surface area contributed by atoms with Crippen LogP contribution in [-0.4, -0.2) is 0 Å². The molecule has 5 aromatic carbocycles. The SMILES string of the molecule is C(=Cc1ccc2cc3ccccc3cc2c1C=Cc1ccccc1)c1ccccc1. The molecule has 0 heterocycles. The second kappa shape index (κ2) is 8.23. The first kappa shape index (κ1) is 18.1. The van der Waals surface area contributed by atoms with Gasteiger partial charge in [0.1, 0.15) is 0 Å². The van der Waals surface area contributed by atoms with Gasteiger partial charge in [0.05, 0.1) is 0 Å². The number of hydrogen-bond acceptors (Lipinski definition) is 0. The van der Waals surface area contributed by atoms with Gasteiger partial charge in [-0.3, -0.25) is 0 Å². The molecule has 0 aliphatic heterocycles. The number of fused-ring (bicyclic) bond motifs is 2. The van der Waals surface area contributed by atoms with Gasteiger partial charge in [-0.1, -0.05) is 121 Å². The molecule has 0 aliphatic carbocycles. The van der Waals surface area contributed by atoms with Gasteiger partial charge in [0.2, 0.25) is 0 Å². The zero-order valence-corrected chi connectivity index (χ0v) is 16.7. The van der Waals surface area contributed by atoms with Crippen molar-refractivity contribution in [2.45, 2.75) is 0 Å². The molecular weight excluding hydrogens is 360 g/mol. The van der Waals surface area contributed by atoms with Crippen molar-refractivity contribution in [3.63, 3.8) is 0 Å². The molecule has 0 bridgehead atoms. The van der Waals surface area contributed by atoms with Gasteiger partial charge in [0.25, 0.3) is 0 Å². The number of hydrogen-bond donors (Lipinski definition) is 0. The van der Waals surface area contributed by atoms with E-state index < -0.39 is 0 Å². The van der Waals surface area contributed by atoms with Crippen LogP contribution < -0.4 is 0 Å². The highest BCUT2D eigenvalue weighted by atomic mass is 14.1. The molecule has 0 heteroatoms. The predicted molar refractivity (Wildman–Crippen MR) is 132 cm³/mol. The lowest BCUT2D eigenvalue weighted by molar-refractivity contribution is 1.65. The van der Waals surface area contributed by atoms with E-state index in [9.17, 15) is 0 Å². The summed E-state index contributed by atoms with van der Waals surface area (Å²) in [6.45, 7) is 0. The molecule has 0 nitrogen and oxygen atoms in total. The quantitative estimate of drug-likeness (QED) is 0.216. The minimum absolute atomic E-state index is 1.20. The van der Waals surface area contributed by atoms with E-state index in [1.807, 2.05) is 6.07 Å². The van der Waals surface area contributed by atoms with Crippen molar-refractivity contribution >= 4 is 45.8 Å². The lowest BCUT2D eigenvalue weighted by Crippen LogP contribution is -1.86. The van der Waals surface area contributed by atoms with Crippen LogP contribution >= 0.6 is 0 Å². The summed E-state index contributed by atoms with van der Waals surface area (Å²) in [5.41, 5.74) is 4.87. The van der Waals surface area contributed by atoms with Crippen molar-refractivity contribution in [3.05, 3.63) is 131 Å². The van der Waals surface area contributed by atoms with Crippen LogP contribution in [0, 0.1) is 0 Å². The highest BCUT2D eigenvalue weighted by molar-refractivity contribution is 6.04. The van der Waals surface area contributed by atoms with Crippen LogP contribution in [0.4, 0.5) is 0 Å². The molecule has 0 unspecified atom stereocenters. The van der Waals surface area contributed by atoms with E-state index in [1.54, 1.807) is 0 Å². The molecule has 0 atom stereocenters. The monoisotopic (exact) mass is 382 g/mol. The fourth-order valence-electron chi connectivity index (χ4n) is 3.88. The van der Waals surface area contributed by atoms with Crippen molar-refractivity contribution in [1.29, 1.82) is 0 Å². The molecule has 142 valence electrons. The summed E-state index contributed by atoms with van der Waals surface area (Å²) in [7, 11) is 0. The average molecular weight is 383 g/mol. The third-order valence-electron chi connectivity index (χ3n) is 5.46. The minimum Gasteiger partial charge on any atom is -0.0622 e. The molecule has 0 aromatic heterocycles. The minimum atomic E-state index is 1.20. The van der Waals surface area contributed by atoms with E-state index in [4.69, 9.17) is 0 Å². The number of benzene rings is 5. The van der Waals surface area contributed by atoms with Gasteiger partial charge in [-0.25, -0.2) is 0 Å². The van der Waals surface area contributed by atoms with E-state index in [-0.39, 0.29) is 0 Å². The van der Waals surface area contributed by atoms with E-state index in [0.29, 0.717) is 0 Å². The van der Waals surface area contributed by atoms with Gasteiger partial charge in [0.15, 0.2) is 0 Å². The van der Waals surface area contributed by atoms with Gasteiger partial charge in [-0.05, 0) is 55.9 Å². The molecule has 30 heavy (non-hydrogen) atoms. The normalized spacial score (nSPS) is 11.7. The molecule has 0 aliphatic rings. The Kier molecular flexibility index (Phi) is 4.98. The maximum absolute atomic E-state index is 2.31. The van der Waals surface area contributed by atoms with Crippen molar-refractivity contribution in [3.8, 4) is 0 Å². The van der Waals surface area contributed by atoms with Crippen LogP contribution in [-0.2, 0) is 0 Å². The maximum atomic E-state index is 2.31. The van der Waals surface area contributed by atoms with Gasteiger partial charge >= 0.3 is 0 Å². The lowest BCUT2D eigenvalue weighted by atomic mass is 9.94. The third-order valence-corrected chi connectivity index (χ3v) is 5.46. The molecule has 0 saturated heterocycles. The van der Waals surface area contributed by atoms with E-state index in [1.165, 1.54) is 43.8 Å². The van der Waals surface area contributed by atoms with Gasteiger partial charge in [-0.2, -0.15) is 0 Å². The Bertz CT molecular complexity index is 1360. The Hall–Kier alpha value is -3.90. The zero-order chi connectivity index (χ0) is 20.2. The summed E-state index contributed by atoms with van der Waals surface area (Å²) in [4.78, 5) is 0. The fourth-order valence-corrected chi connectivity index (χ4v) is 3.88. The lowest BCUT2D eigenvalue weighted by Gasteiger charge is -2.10. The van der Waals surface area contributed by atoms with Crippen molar-refractivity contribution in [1.82, 2.24) is 0 Å². The van der Waals surface area contributed by atoms with Gasteiger partial charge < -0.3 is 0 Å². The van der Waals surface area contributed by atoms with Crippen molar-refractivity contribution < 1.29 is 0 Å². The van der Waals surface area contributed by atoms with Crippen molar-refractivity contribution in [2.24, 2.45) is 0 Å². The first-order chi connectivity index (χ1) is 14.9. The first-order valence-corrected chi connectivity index (χ1v) is 10.3. The second-order valence-electron chi connectivity index (χ2n) is 7.48. The zero-order valence-electron chi connectivity index (χ0n) is 16.7. The largest absolute Gasteiger partial charge is 0.0622 e. The summed E-state index contributed by atoms with van der Waals surface area (Å²) in [5, 5.41) is 5.08. The van der Waals surface area contributed by atoms with Gasteiger partial charge in [0, 0.05) is 0 Å². The van der Waals surface area contributed by atoms with E-state index >= 15 is 0 Å². The average Bonchev–Trinajstić information content (AvgIpc) is 2.81. The Balaban J connectivity index is 1.68. The third kappa shape index (κ3) is 3.81. The smallest absolute Gasteiger partial charge is 0.00990 e. The van der Waals surface area contributed by atoms with Crippen LogP contribution in [0.3, 0.4) is 0 Å². The fraction of sp³-hybridized carbons (Fsp3) is 0. The maximum Gasteiger partial charge on any atom is -0.00990 e. The Labute approximate surface area is 177 Å². The summed E-state index contributed by atoms with van der Waals surface area (Å²) >= 11 is 0. The van der Waals surface area contributed by atoms with Crippen LogP contribution in [0.1, 0.15) is 22.3 Å². The van der Waals surface area contributed by atoms with E-state index in [0.717, 1.165) is 0 Å². The molecule has 0 amide bonds.